The SMILES string of the molecule is CCCN1C(N)=NCC1(C)c1ccc(Cl)c(Cl)c1. The Bertz CT molecular complexity index is 487. The van der Waals surface area contributed by atoms with Gasteiger partial charge in [0.2, 0.25) is 0 Å². The van der Waals surface area contributed by atoms with Crippen molar-refractivity contribution in [1.82, 2.24) is 4.90 Å². The van der Waals surface area contributed by atoms with E-state index in [2.05, 4.69) is 23.7 Å². The summed E-state index contributed by atoms with van der Waals surface area (Å²) in [5.41, 5.74) is 6.83. The first kappa shape index (κ1) is 13.5. The molecular weight excluding hydrogens is 269 g/mol. The first-order valence-corrected chi connectivity index (χ1v) is 6.77. The van der Waals surface area contributed by atoms with E-state index in [0.717, 1.165) is 18.5 Å². The average molecular weight is 286 g/mol. The normalized spacial score (nSPS) is 23.3. The molecule has 2 N–H and O–H groups in total. The Labute approximate surface area is 118 Å². The van der Waals surface area contributed by atoms with Crippen molar-refractivity contribution in [2.45, 2.75) is 25.8 Å². The van der Waals surface area contributed by atoms with Crippen molar-refractivity contribution in [1.29, 1.82) is 0 Å². The van der Waals surface area contributed by atoms with E-state index in [1.807, 2.05) is 18.2 Å². The molecule has 1 aromatic carbocycles. The van der Waals surface area contributed by atoms with Crippen LogP contribution in [-0.4, -0.2) is 23.9 Å². The predicted octanol–water partition coefficient (Wildman–Crippen LogP) is 3.25. The third-order valence-corrected chi connectivity index (χ3v) is 4.15. The van der Waals surface area contributed by atoms with Gasteiger partial charge < -0.3 is 10.6 Å². The molecule has 1 aromatic rings. The molecule has 98 valence electrons. The second-order valence-electron chi connectivity index (χ2n) is 4.73. The van der Waals surface area contributed by atoms with Crippen LogP contribution in [0.2, 0.25) is 10.0 Å². The molecule has 0 radical (unpaired) electrons. The number of aliphatic imine (C=N–C) groups is 1. The van der Waals surface area contributed by atoms with Gasteiger partial charge in [0.15, 0.2) is 5.96 Å². The molecule has 0 fully saturated rings. The third-order valence-electron chi connectivity index (χ3n) is 3.41. The second-order valence-corrected chi connectivity index (χ2v) is 5.54. The molecular formula is C13H17Cl2N3. The number of nitrogens with zero attached hydrogens (tertiary/aromatic N) is 2. The average Bonchev–Trinajstić information content (AvgIpc) is 2.62. The standard InChI is InChI=1S/C13H17Cl2N3/c1-3-6-18-12(16)17-8-13(18,2)9-4-5-10(14)11(15)7-9/h4-5,7H,3,6,8H2,1-2H3,(H2,16,17). The first-order chi connectivity index (χ1) is 8.49. The summed E-state index contributed by atoms with van der Waals surface area (Å²) in [4.78, 5) is 6.49. The van der Waals surface area contributed by atoms with E-state index in [-0.39, 0.29) is 5.54 Å². The second kappa shape index (κ2) is 4.98. The first-order valence-electron chi connectivity index (χ1n) is 6.02. The number of rotatable bonds is 3. The van der Waals surface area contributed by atoms with Gasteiger partial charge in [-0.05, 0) is 31.0 Å². The lowest BCUT2D eigenvalue weighted by Crippen LogP contribution is -2.47. The van der Waals surface area contributed by atoms with Crippen molar-refractivity contribution in [3.63, 3.8) is 0 Å². The van der Waals surface area contributed by atoms with Gasteiger partial charge in [-0.1, -0.05) is 36.2 Å². The molecule has 0 amide bonds. The highest BCUT2D eigenvalue weighted by Gasteiger charge is 2.39. The van der Waals surface area contributed by atoms with Crippen molar-refractivity contribution in [3.8, 4) is 0 Å². The van der Waals surface area contributed by atoms with Gasteiger partial charge in [-0.2, -0.15) is 0 Å². The Morgan fingerprint density at radius 2 is 2.11 bits per heavy atom. The molecule has 0 aliphatic carbocycles. The van der Waals surface area contributed by atoms with Crippen LogP contribution >= 0.6 is 23.2 Å². The molecule has 0 saturated carbocycles. The van der Waals surface area contributed by atoms with Crippen molar-refractivity contribution < 1.29 is 0 Å². The Morgan fingerprint density at radius 3 is 2.72 bits per heavy atom. The summed E-state index contributed by atoms with van der Waals surface area (Å²) in [5, 5.41) is 1.13. The van der Waals surface area contributed by atoms with E-state index < -0.39 is 0 Å². The number of nitrogens with two attached hydrogens (primary N) is 1. The number of benzene rings is 1. The molecule has 18 heavy (non-hydrogen) atoms. The molecule has 3 nitrogen and oxygen atoms in total. The minimum atomic E-state index is -0.228. The van der Waals surface area contributed by atoms with E-state index in [0.29, 0.717) is 22.5 Å². The molecule has 2 rings (SSSR count). The van der Waals surface area contributed by atoms with Gasteiger partial charge in [0, 0.05) is 6.54 Å². The molecule has 1 aliphatic heterocycles. The summed E-state index contributed by atoms with van der Waals surface area (Å²) in [6.07, 6.45) is 1.02. The molecule has 1 atom stereocenters. The Morgan fingerprint density at radius 1 is 1.39 bits per heavy atom. The number of guanidine groups is 1. The number of hydrogen-bond donors (Lipinski definition) is 1. The highest BCUT2D eigenvalue weighted by atomic mass is 35.5. The zero-order valence-electron chi connectivity index (χ0n) is 10.6. The maximum atomic E-state index is 6.10. The van der Waals surface area contributed by atoms with Crippen LogP contribution in [-0.2, 0) is 5.54 Å². The lowest BCUT2D eigenvalue weighted by molar-refractivity contribution is 0.225. The quantitative estimate of drug-likeness (QED) is 0.926. The minimum absolute atomic E-state index is 0.228. The fraction of sp³-hybridized carbons (Fsp3) is 0.462. The Hall–Kier alpha value is -0.930. The van der Waals surface area contributed by atoms with Crippen LogP contribution in [0.5, 0.6) is 0 Å². The highest BCUT2D eigenvalue weighted by molar-refractivity contribution is 6.42. The molecule has 1 aliphatic rings. The fourth-order valence-electron chi connectivity index (χ4n) is 2.32. The van der Waals surface area contributed by atoms with Crippen molar-refractivity contribution in [3.05, 3.63) is 33.8 Å². The maximum absolute atomic E-state index is 6.10. The summed E-state index contributed by atoms with van der Waals surface area (Å²) >= 11 is 12.1. The van der Waals surface area contributed by atoms with Gasteiger partial charge in [-0.25, -0.2) is 0 Å². The molecule has 1 unspecified atom stereocenters. The van der Waals surface area contributed by atoms with Crippen LogP contribution < -0.4 is 5.73 Å². The van der Waals surface area contributed by atoms with Gasteiger partial charge in [-0.15, -0.1) is 0 Å². The van der Waals surface area contributed by atoms with Crippen LogP contribution in [0, 0.1) is 0 Å². The number of halogens is 2. The molecule has 5 heteroatoms. The zero-order valence-corrected chi connectivity index (χ0v) is 12.1. The Kier molecular flexibility index (Phi) is 3.74. The van der Waals surface area contributed by atoms with Gasteiger partial charge in [0.05, 0.1) is 22.1 Å². The van der Waals surface area contributed by atoms with E-state index >= 15 is 0 Å². The minimum Gasteiger partial charge on any atom is -0.370 e. The highest BCUT2D eigenvalue weighted by Crippen LogP contribution is 2.35. The van der Waals surface area contributed by atoms with Crippen molar-refractivity contribution in [2.24, 2.45) is 10.7 Å². The summed E-state index contributed by atoms with van der Waals surface area (Å²) in [5.74, 6) is 0.602. The number of hydrogen-bond acceptors (Lipinski definition) is 3. The summed E-state index contributed by atoms with van der Waals surface area (Å²) in [7, 11) is 0. The molecule has 1 heterocycles. The lowest BCUT2D eigenvalue weighted by atomic mass is 9.91. The zero-order chi connectivity index (χ0) is 13.3. The van der Waals surface area contributed by atoms with E-state index in [1.165, 1.54) is 0 Å². The monoisotopic (exact) mass is 285 g/mol. The molecule has 0 saturated heterocycles. The van der Waals surface area contributed by atoms with Crippen molar-refractivity contribution >= 4 is 29.2 Å². The predicted molar refractivity (Wildman–Crippen MR) is 77.3 cm³/mol. The summed E-state index contributed by atoms with van der Waals surface area (Å²) in [6, 6.07) is 5.72. The smallest absolute Gasteiger partial charge is 0.192 e. The van der Waals surface area contributed by atoms with Crippen molar-refractivity contribution in [2.75, 3.05) is 13.1 Å². The van der Waals surface area contributed by atoms with Gasteiger partial charge >= 0.3 is 0 Å². The van der Waals surface area contributed by atoms with Crippen LogP contribution in [0.25, 0.3) is 0 Å². The maximum Gasteiger partial charge on any atom is 0.192 e. The van der Waals surface area contributed by atoms with Gasteiger partial charge in [-0.3, -0.25) is 4.99 Å². The van der Waals surface area contributed by atoms with Crippen LogP contribution in [0.4, 0.5) is 0 Å². The molecule has 0 spiro atoms. The summed E-state index contributed by atoms with van der Waals surface area (Å²) in [6.45, 7) is 5.79. The topological polar surface area (TPSA) is 41.6 Å². The van der Waals surface area contributed by atoms with Gasteiger partial charge in [0.1, 0.15) is 0 Å². The summed E-state index contributed by atoms with van der Waals surface area (Å²) < 4.78 is 0. The van der Waals surface area contributed by atoms with E-state index in [1.54, 1.807) is 0 Å². The molecule has 0 aromatic heterocycles. The fourth-order valence-corrected chi connectivity index (χ4v) is 2.62. The van der Waals surface area contributed by atoms with E-state index in [9.17, 15) is 0 Å². The third kappa shape index (κ3) is 2.17. The lowest BCUT2D eigenvalue weighted by Gasteiger charge is -2.36. The van der Waals surface area contributed by atoms with Crippen LogP contribution in [0.3, 0.4) is 0 Å². The van der Waals surface area contributed by atoms with Crippen LogP contribution in [0.1, 0.15) is 25.8 Å². The molecule has 0 bridgehead atoms. The Balaban J connectivity index is 2.38. The van der Waals surface area contributed by atoms with Crippen LogP contribution in [0.15, 0.2) is 23.2 Å². The van der Waals surface area contributed by atoms with E-state index in [4.69, 9.17) is 28.9 Å². The largest absolute Gasteiger partial charge is 0.370 e. The van der Waals surface area contributed by atoms with Gasteiger partial charge in [0.25, 0.3) is 0 Å².